The van der Waals surface area contributed by atoms with Crippen LogP contribution < -0.4 is 20.7 Å². The number of hydrogen-bond donors (Lipinski definition) is 2. The molecule has 0 spiro atoms. The smallest absolute Gasteiger partial charge is 0.220 e. The number of unbranched alkanes of at least 4 members (excludes halogenated alkanes) is 9. The predicted octanol–water partition coefficient (Wildman–Crippen LogP) is 7.02. The summed E-state index contributed by atoms with van der Waals surface area (Å²) in [6, 6.07) is 6.12. The molecule has 5 fully saturated rings. The summed E-state index contributed by atoms with van der Waals surface area (Å²) in [5.41, 5.74) is 8.26. The standard InChI is InChI=1S/C35H58N4O2/c1-41-33-23-31(12-13-32(33)36)39-18-16-38(17-19-39)15-11-9-7-5-3-2-4-6-8-10-14-37-34(40)27-35-24-28-20-29(25-35)22-30(21-28)26-35/h12-13,23,28-30H,2-11,14-22,24-27,36H2,1H3,(H,37,40). The molecule has 5 aliphatic rings. The molecule has 6 heteroatoms. The zero-order valence-electron chi connectivity index (χ0n) is 26.0. The van der Waals surface area contributed by atoms with Crippen molar-refractivity contribution in [3.8, 4) is 5.75 Å². The average molecular weight is 567 g/mol. The van der Waals surface area contributed by atoms with E-state index in [2.05, 4.69) is 27.2 Å². The molecule has 1 aromatic carbocycles. The lowest BCUT2D eigenvalue weighted by Gasteiger charge is -2.56. The Bertz CT molecular complexity index is 922. The number of methoxy groups -OCH3 is 1. The molecule has 230 valence electrons. The molecule has 1 heterocycles. The van der Waals surface area contributed by atoms with Gasteiger partial charge in [0.15, 0.2) is 0 Å². The van der Waals surface area contributed by atoms with E-state index in [1.807, 2.05) is 6.07 Å². The molecule has 4 bridgehead atoms. The highest BCUT2D eigenvalue weighted by Crippen LogP contribution is 2.61. The van der Waals surface area contributed by atoms with Crippen LogP contribution in [0, 0.1) is 23.2 Å². The van der Waals surface area contributed by atoms with E-state index in [0.29, 0.717) is 17.0 Å². The first-order valence-corrected chi connectivity index (χ1v) is 17.2. The van der Waals surface area contributed by atoms with Crippen molar-refractivity contribution in [1.82, 2.24) is 10.2 Å². The van der Waals surface area contributed by atoms with Gasteiger partial charge < -0.3 is 20.7 Å². The van der Waals surface area contributed by atoms with Crippen molar-refractivity contribution in [3.63, 3.8) is 0 Å². The number of piperazine rings is 1. The van der Waals surface area contributed by atoms with Crippen LogP contribution in [-0.2, 0) is 4.79 Å². The van der Waals surface area contributed by atoms with E-state index in [4.69, 9.17) is 10.5 Å². The van der Waals surface area contributed by atoms with Crippen LogP contribution in [0.15, 0.2) is 18.2 Å². The number of hydrogen-bond acceptors (Lipinski definition) is 5. The summed E-state index contributed by atoms with van der Waals surface area (Å²) in [6.45, 7) is 6.54. The summed E-state index contributed by atoms with van der Waals surface area (Å²) in [6.07, 6.45) is 22.5. The van der Waals surface area contributed by atoms with E-state index < -0.39 is 0 Å². The molecule has 0 aromatic heterocycles. The first kappa shape index (κ1) is 30.5. The van der Waals surface area contributed by atoms with E-state index in [1.165, 1.54) is 109 Å². The number of ether oxygens (including phenoxy) is 1. The van der Waals surface area contributed by atoms with Gasteiger partial charge in [-0.1, -0.05) is 51.4 Å². The van der Waals surface area contributed by atoms with Crippen LogP contribution in [0.3, 0.4) is 0 Å². The molecule has 4 saturated carbocycles. The van der Waals surface area contributed by atoms with E-state index in [0.717, 1.165) is 69.1 Å². The monoisotopic (exact) mass is 566 g/mol. The zero-order chi connectivity index (χ0) is 28.5. The van der Waals surface area contributed by atoms with Crippen LogP contribution in [0.2, 0.25) is 0 Å². The van der Waals surface area contributed by atoms with Crippen LogP contribution in [0.5, 0.6) is 5.75 Å². The fraction of sp³-hybridized carbons (Fsp3) is 0.800. The normalized spacial score (nSPS) is 27.3. The Morgan fingerprint density at radius 1 is 0.854 bits per heavy atom. The summed E-state index contributed by atoms with van der Waals surface area (Å²) in [5.74, 6) is 3.93. The van der Waals surface area contributed by atoms with Gasteiger partial charge >= 0.3 is 0 Å². The fourth-order valence-electron chi connectivity index (χ4n) is 9.14. The number of carbonyl (C=O) groups is 1. The minimum Gasteiger partial charge on any atom is -0.495 e. The van der Waals surface area contributed by atoms with Crippen LogP contribution >= 0.6 is 0 Å². The van der Waals surface area contributed by atoms with E-state index in [-0.39, 0.29) is 0 Å². The van der Waals surface area contributed by atoms with Crippen molar-refractivity contribution in [1.29, 1.82) is 0 Å². The fourth-order valence-corrected chi connectivity index (χ4v) is 9.14. The van der Waals surface area contributed by atoms with E-state index in [9.17, 15) is 4.79 Å². The third-order valence-electron chi connectivity index (χ3n) is 10.9. The van der Waals surface area contributed by atoms with Gasteiger partial charge in [0.05, 0.1) is 12.8 Å². The minimum atomic E-state index is 0.341. The number of carbonyl (C=O) groups excluding carboxylic acids is 1. The van der Waals surface area contributed by atoms with Crippen molar-refractivity contribution in [2.75, 3.05) is 57.0 Å². The number of nitrogens with zero attached hydrogens (tertiary/aromatic N) is 2. The Morgan fingerprint density at radius 3 is 2.00 bits per heavy atom. The number of anilines is 2. The van der Waals surface area contributed by atoms with Gasteiger partial charge in [-0.15, -0.1) is 0 Å². The SMILES string of the molecule is COc1cc(N2CCN(CCCCCCCCCCCCNC(=O)CC34CC5CC(CC(C5)C3)C4)CC2)ccc1N. The molecule has 0 unspecified atom stereocenters. The highest BCUT2D eigenvalue weighted by Gasteiger charge is 2.51. The lowest BCUT2D eigenvalue weighted by Crippen LogP contribution is -2.48. The molecule has 1 aliphatic heterocycles. The number of benzene rings is 1. The number of nitrogen functional groups attached to an aromatic ring is 1. The number of rotatable bonds is 17. The molecule has 4 aliphatic carbocycles. The van der Waals surface area contributed by atoms with Crippen molar-refractivity contribution < 1.29 is 9.53 Å². The molecule has 6 nitrogen and oxygen atoms in total. The van der Waals surface area contributed by atoms with Crippen LogP contribution in [-0.4, -0.2) is 57.2 Å². The van der Waals surface area contributed by atoms with Gasteiger partial charge in [-0.05, 0) is 93.2 Å². The zero-order valence-corrected chi connectivity index (χ0v) is 26.0. The maximum absolute atomic E-state index is 12.7. The van der Waals surface area contributed by atoms with Gasteiger partial charge in [-0.25, -0.2) is 0 Å². The number of amides is 1. The van der Waals surface area contributed by atoms with Gasteiger partial charge in [0.2, 0.25) is 5.91 Å². The molecule has 0 atom stereocenters. The molecule has 0 radical (unpaired) electrons. The third kappa shape index (κ3) is 8.78. The topological polar surface area (TPSA) is 70.8 Å². The summed E-state index contributed by atoms with van der Waals surface area (Å²) in [4.78, 5) is 17.7. The van der Waals surface area contributed by atoms with Gasteiger partial charge in [-0.3, -0.25) is 9.69 Å². The Morgan fingerprint density at radius 2 is 1.41 bits per heavy atom. The third-order valence-corrected chi connectivity index (χ3v) is 10.9. The Kier molecular flexibility index (Phi) is 11.1. The van der Waals surface area contributed by atoms with Gasteiger partial charge in [0, 0.05) is 50.9 Å². The van der Waals surface area contributed by atoms with Crippen LogP contribution in [0.1, 0.15) is 109 Å². The van der Waals surface area contributed by atoms with Crippen molar-refractivity contribution in [2.45, 2.75) is 109 Å². The minimum absolute atomic E-state index is 0.341. The lowest BCUT2D eigenvalue weighted by molar-refractivity contribution is -0.129. The Balaban J connectivity index is 0.802. The largest absolute Gasteiger partial charge is 0.495 e. The Labute approximate surface area is 250 Å². The molecule has 6 rings (SSSR count). The molecular formula is C35H58N4O2. The second-order valence-corrected chi connectivity index (χ2v) is 14.2. The lowest BCUT2D eigenvalue weighted by atomic mass is 9.49. The van der Waals surface area contributed by atoms with Gasteiger partial charge in [0.1, 0.15) is 5.75 Å². The molecular weight excluding hydrogens is 508 g/mol. The number of nitrogens with one attached hydrogen (secondary N) is 1. The maximum atomic E-state index is 12.7. The predicted molar refractivity (Wildman–Crippen MR) is 170 cm³/mol. The molecule has 1 amide bonds. The van der Waals surface area contributed by atoms with Crippen molar-refractivity contribution in [3.05, 3.63) is 18.2 Å². The molecule has 1 aromatic rings. The molecule has 1 saturated heterocycles. The highest BCUT2D eigenvalue weighted by atomic mass is 16.5. The van der Waals surface area contributed by atoms with Crippen LogP contribution in [0.4, 0.5) is 11.4 Å². The molecule has 3 N–H and O–H groups in total. The van der Waals surface area contributed by atoms with E-state index in [1.54, 1.807) is 7.11 Å². The van der Waals surface area contributed by atoms with Gasteiger partial charge in [-0.2, -0.15) is 0 Å². The summed E-state index contributed by atoms with van der Waals surface area (Å²) in [7, 11) is 1.68. The molecule has 41 heavy (non-hydrogen) atoms. The van der Waals surface area contributed by atoms with Crippen molar-refractivity contribution >= 4 is 17.3 Å². The highest BCUT2D eigenvalue weighted by molar-refractivity contribution is 5.76. The average Bonchev–Trinajstić information content (AvgIpc) is 2.95. The maximum Gasteiger partial charge on any atom is 0.220 e. The first-order valence-electron chi connectivity index (χ1n) is 17.2. The second-order valence-electron chi connectivity index (χ2n) is 14.2. The van der Waals surface area contributed by atoms with Crippen LogP contribution in [0.25, 0.3) is 0 Å². The Hall–Kier alpha value is -1.95. The number of nitrogens with two attached hydrogens (primary N) is 1. The van der Waals surface area contributed by atoms with E-state index >= 15 is 0 Å². The first-order chi connectivity index (χ1) is 20.0. The quantitative estimate of drug-likeness (QED) is 0.157. The van der Waals surface area contributed by atoms with Crippen molar-refractivity contribution in [2.24, 2.45) is 23.2 Å². The summed E-state index contributed by atoms with van der Waals surface area (Å²) >= 11 is 0. The summed E-state index contributed by atoms with van der Waals surface area (Å²) in [5, 5.41) is 3.27. The summed E-state index contributed by atoms with van der Waals surface area (Å²) < 4.78 is 5.39. The van der Waals surface area contributed by atoms with Gasteiger partial charge in [0.25, 0.3) is 0 Å². The second kappa shape index (κ2) is 15.0.